The van der Waals surface area contributed by atoms with Crippen LogP contribution in [0.4, 0.5) is 5.69 Å². The molecule has 1 unspecified atom stereocenters. The number of carbonyl (C=O) groups is 2. The van der Waals surface area contributed by atoms with E-state index in [9.17, 15) is 9.59 Å². The maximum atomic E-state index is 12.4. The molecule has 1 fully saturated rings. The summed E-state index contributed by atoms with van der Waals surface area (Å²) in [7, 11) is 0. The molecule has 3 rings (SSSR count). The minimum atomic E-state index is -0.230. The van der Waals surface area contributed by atoms with Crippen LogP contribution in [0.15, 0.2) is 42.5 Å². The topological polar surface area (TPSA) is 37.4 Å². The molecule has 2 aromatic rings. The molecular formula is C16H15NO2S. The summed E-state index contributed by atoms with van der Waals surface area (Å²) in [4.78, 5) is 26.0. The van der Waals surface area contributed by atoms with Crippen LogP contribution in [0.1, 0.15) is 13.3 Å². The van der Waals surface area contributed by atoms with E-state index in [1.54, 1.807) is 11.8 Å². The largest absolute Gasteiger partial charge is 0.274 e. The normalized spacial score (nSPS) is 19.1. The number of carbonyl (C=O) groups excluding carboxylic acids is 2. The van der Waals surface area contributed by atoms with Crippen molar-refractivity contribution in [3.63, 3.8) is 0 Å². The fourth-order valence-corrected chi connectivity index (χ4v) is 3.50. The maximum absolute atomic E-state index is 12.4. The molecule has 102 valence electrons. The average molecular weight is 285 g/mol. The van der Waals surface area contributed by atoms with E-state index < -0.39 is 0 Å². The average Bonchev–Trinajstić information content (AvgIpc) is 2.74. The zero-order valence-corrected chi connectivity index (χ0v) is 12.0. The molecule has 0 N–H and O–H groups in total. The lowest BCUT2D eigenvalue weighted by Gasteiger charge is -2.17. The first-order valence-electron chi connectivity index (χ1n) is 6.68. The fourth-order valence-electron chi connectivity index (χ4n) is 2.59. The van der Waals surface area contributed by atoms with Gasteiger partial charge in [-0.25, -0.2) is 4.90 Å². The third-order valence-corrected chi connectivity index (χ3v) is 4.58. The van der Waals surface area contributed by atoms with Crippen LogP contribution in [0.3, 0.4) is 0 Å². The minimum Gasteiger partial charge on any atom is -0.274 e. The Morgan fingerprint density at radius 3 is 2.70 bits per heavy atom. The van der Waals surface area contributed by atoms with Crippen LogP contribution in [0, 0.1) is 0 Å². The highest BCUT2D eigenvalue weighted by Crippen LogP contribution is 2.33. The van der Waals surface area contributed by atoms with E-state index in [1.807, 2.05) is 49.4 Å². The Labute approximate surface area is 122 Å². The Morgan fingerprint density at radius 2 is 1.90 bits per heavy atom. The molecule has 4 heteroatoms. The molecule has 1 heterocycles. The lowest BCUT2D eigenvalue weighted by Crippen LogP contribution is -2.31. The highest BCUT2D eigenvalue weighted by molar-refractivity contribution is 8.00. The Hall–Kier alpha value is -1.81. The first-order valence-corrected chi connectivity index (χ1v) is 7.73. The van der Waals surface area contributed by atoms with Crippen molar-refractivity contribution >= 4 is 40.0 Å². The van der Waals surface area contributed by atoms with Gasteiger partial charge < -0.3 is 0 Å². The molecule has 0 saturated carbocycles. The van der Waals surface area contributed by atoms with Gasteiger partial charge in [0.05, 0.1) is 10.9 Å². The minimum absolute atomic E-state index is 0.0850. The summed E-state index contributed by atoms with van der Waals surface area (Å²) in [6.45, 7) is 2.00. The van der Waals surface area contributed by atoms with Crippen LogP contribution in [0.5, 0.6) is 0 Å². The summed E-state index contributed by atoms with van der Waals surface area (Å²) >= 11 is 1.54. The maximum Gasteiger partial charge on any atom is 0.247 e. The SMILES string of the molecule is CCSC1CC(=O)N(c2cccc3ccccc23)C1=O. The lowest BCUT2D eigenvalue weighted by atomic mass is 10.1. The number of amides is 2. The third-order valence-electron chi connectivity index (χ3n) is 3.48. The number of benzene rings is 2. The molecule has 20 heavy (non-hydrogen) atoms. The molecule has 1 aliphatic rings. The van der Waals surface area contributed by atoms with Gasteiger partial charge >= 0.3 is 0 Å². The number of fused-ring (bicyclic) bond motifs is 1. The summed E-state index contributed by atoms with van der Waals surface area (Å²) < 4.78 is 0. The van der Waals surface area contributed by atoms with Crippen molar-refractivity contribution in [2.45, 2.75) is 18.6 Å². The summed E-state index contributed by atoms with van der Waals surface area (Å²) in [5.41, 5.74) is 0.706. The van der Waals surface area contributed by atoms with Crippen molar-refractivity contribution in [2.75, 3.05) is 10.7 Å². The van der Waals surface area contributed by atoms with Crippen molar-refractivity contribution in [3.05, 3.63) is 42.5 Å². The molecule has 3 nitrogen and oxygen atoms in total. The number of nitrogens with zero attached hydrogens (tertiary/aromatic N) is 1. The van der Waals surface area contributed by atoms with Crippen LogP contribution >= 0.6 is 11.8 Å². The van der Waals surface area contributed by atoms with E-state index >= 15 is 0 Å². The van der Waals surface area contributed by atoms with Crippen LogP contribution in [-0.4, -0.2) is 22.8 Å². The van der Waals surface area contributed by atoms with Gasteiger partial charge in [-0.15, -0.1) is 11.8 Å². The molecule has 0 spiro atoms. The molecular weight excluding hydrogens is 270 g/mol. The molecule has 1 aliphatic heterocycles. The van der Waals surface area contributed by atoms with Gasteiger partial charge in [0.15, 0.2) is 0 Å². The van der Waals surface area contributed by atoms with Gasteiger partial charge in [0, 0.05) is 11.8 Å². The quantitative estimate of drug-likeness (QED) is 0.813. The number of imide groups is 1. The second kappa shape index (κ2) is 5.29. The van der Waals surface area contributed by atoms with Crippen molar-refractivity contribution < 1.29 is 9.59 Å². The first-order chi connectivity index (χ1) is 9.72. The number of thioether (sulfide) groups is 1. The molecule has 1 saturated heterocycles. The monoisotopic (exact) mass is 285 g/mol. The van der Waals surface area contributed by atoms with Crippen LogP contribution in [0.2, 0.25) is 0 Å². The van der Waals surface area contributed by atoms with Crippen LogP contribution < -0.4 is 4.90 Å². The van der Waals surface area contributed by atoms with Gasteiger partial charge in [-0.2, -0.15) is 0 Å². The predicted molar refractivity (Wildman–Crippen MR) is 83.0 cm³/mol. The predicted octanol–water partition coefficient (Wildman–Crippen LogP) is 3.22. The highest BCUT2D eigenvalue weighted by Gasteiger charge is 2.39. The molecule has 2 aromatic carbocycles. The van der Waals surface area contributed by atoms with E-state index in [4.69, 9.17) is 0 Å². The fraction of sp³-hybridized carbons (Fsp3) is 0.250. The van der Waals surface area contributed by atoms with Crippen molar-refractivity contribution in [3.8, 4) is 0 Å². The lowest BCUT2D eigenvalue weighted by molar-refractivity contribution is -0.121. The van der Waals surface area contributed by atoms with Gasteiger partial charge in [0.1, 0.15) is 0 Å². The number of rotatable bonds is 3. The zero-order valence-electron chi connectivity index (χ0n) is 11.2. The molecule has 0 aromatic heterocycles. The van der Waals surface area contributed by atoms with E-state index in [0.717, 1.165) is 16.5 Å². The van der Waals surface area contributed by atoms with Crippen LogP contribution in [-0.2, 0) is 9.59 Å². The smallest absolute Gasteiger partial charge is 0.247 e. The molecule has 0 aliphatic carbocycles. The number of hydrogen-bond acceptors (Lipinski definition) is 3. The molecule has 1 atom stereocenters. The van der Waals surface area contributed by atoms with E-state index in [-0.39, 0.29) is 17.1 Å². The Bertz CT molecular complexity index is 678. The Kier molecular flexibility index (Phi) is 3.49. The molecule has 2 amide bonds. The summed E-state index contributed by atoms with van der Waals surface area (Å²) in [6, 6.07) is 13.5. The van der Waals surface area contributed by atoms with E-state index in [2.05, 4.69) is 0 Å². The van der Waals surface area contributed by atoms with Gasteiger partial charge in [-0.3, -0.25) is 9.59 Å². The van der Waals surface area contributed by atoms with Crippen molar-refractivity contribution in [2.24, 2.45) is 0 Å². The Morgan fingerprint density at radius 1 is 1.15 bits per heavy atom. The highest BCUT2D eigenvalue weighted by atomic mass is 32.2. The van der Waals surface area contributed by atoms with Crippen LogP contribution in [0.25, 0.3) is 10.8 Å². The van der Waals surface area contributed by atoms with Gasteiger partial charge in [-0.1, -0.05) is 43.3 Å². The zero-order chi connectivity index (χ0) is 14.1. The van der Waals surface area contributed by atoms with E-state index in [1.165, 1.54) is 4.90 Å². The van der Waals surface area contributed by atoms with E-state index in [0.29, 0.717) is 12.1 Å². The molecule has 0 radical (unpaired) electrons. The standard InChI is InChI=1S/C16H15NO2S/c1-2-20-14-10-15(18)17(16(14)19)13-9-5-7-11-6-3-4-8-12(11)13/h3-9,14H,2,10H2,1H3. The van der Waals surface area contributed by atoms with Gasteiger partial charge in [-0.05, 0) is 17.2 Å². The molecule has 0 bridgehead atoms. The van der Waals surface area contributed by atoms with Crippen molar-refractivity contribution in [1.29, 1.82) is 0 Å². The summed E-state index contributed by atoms with van der Waals surface area (Å²) in [6.07, 6.45) is 0.306. The number of anilines is 1. The number of hydrogen-bond donors (Lipinski definition) is 0. The second-order valence-electron chi connectivity index (χ2n) is 4.71. The van der Waals surface area contributed by atoms with Crippen molar-refractivity contribution in [1.82, 2.24) is 0 Å². The first kappa shape index (κ1) is 13.2. The second-order valence-corrected chi connectivity index (χ2v) is 6.19. The summed E-state index contributed by atoms with van der Waals surface area (Å²) in [5, 5.41) is 1.75. The summed E-state index contributed by atoms with van der Waals surface area (Å²) in [5.74, 6) is 0.656. The Balaban J connectivity index is 2.07. The third kappa shape index (κ3) is 2.10. The van der Waals surface area contributed by atoms with Gasteiger partial charge in [0.2, 0.25) is 11.8 Å². The van der Waals surface area contributed by atoms with Gasteiger partial charge in [0.25, 0.3) is 0 Å².